The van der Waals surface area contributed by atoms with E-state index >= 15 is 0 Å². The predicted molar refractivity (Wildman–Crippen MR) is 142 cm³/mol. The molecule has 0 spiro atoms. The highest BCUT2D eigenvalue weighted by Gasteiger charge is 2.24. The first-order valence-corrected chi connectivity index (χ1v) is 12.6. The molecule has 5 rings (SSSR count). The number of ether oxygens (including phenoxy) is 1. The van der Waals surface area contributed by atoms with Crippen molar-refractivity contribution in [3.05, 3.63) is 90.3 Å². The first-order chi connectivity index (χ1) is 18.5. The maximum Gasteiger partial charge on any atom is 0.244 e. The summed E-state index contributed by atoms with van der Waals surface area (Å²) in [5.41, 5.74) is 2.77. The van der Waals surface area contributed by atoms with Gasteiger partial charge in [-0.25, -0.2) is 13.8 Å². The Labute approximate surface area is 220 Å². The van der Waals surface area contributed by atoms with Crippen molar-refractivity contribution in [1.29, 1.82) is 0 Å². The number of hydrogen-bond donors (Lipinski definition) is 0. The van der Waals surface area contributed by atoms with Crippen LogP contribution >= 0.6 is 0 Å². The molecule has 1 fully saturated rings. The van der Waals surface area contributed by atoms with Crippen molar-refractivity contribution in [3.63, 3.8) is 0 Å². The van der Waals surface area contributed by atoms with Crippen molar-refractivity contribution < 1.29 is 18.3 Å². The third kappa shape index (κ3) is 5.82. The van der Waals surface area contributed by atoms with E-state index < -0.39 is 0 Å². The fourth-order valence-electron chi connectivity index (χ4n) is 4.61. The van der Waals surface area contributed by atoms with Crippen molar-refractivity contribution in [1.82, 2.24) is 19.6 Å². The van der Waals surface area contributed by atoms with Gasteiger partial charge in [0.25, 0.3) is 0 Å². The molecule has 0 saturated carbocycles. The number of methoxy groups -OCH3 is 1. The second-order valence-corrected chi connectivity index (χ2v) is 9.18. The van der Waals surface area contributed by atoms with Gasteiger partial charge in [0.1, 0.15) is 29.8 Å². The lowest BCUT2D eigenvalue weighted by Gasteiger charge is -2.36. The summed E-state index contributed by atoms with van der Waals surface area (Å²) < 4.78 is 34.0. The number of carbonyl (C=O) groups excluding carboxylic acids is 1. The average Bonchev–Trinajstić information content (AvgIpc) is 3.33. The molecule has 9 heteroatoms. The number of allylic oxidation sites excluding steroid dienone is 2. The first kappa shape index (κ1) is 25.4. The Morgan fingerprint density at radius 1 is 0.947 bits per heavy atom. The number of aromatic nitrogens is 2. The molecule has 38 heavy (non-hydrogen) atoms. The van der Waals surface area contributed by atoms with Crippen molar-refractivity contribution in [2.75, 3.05) is 33.3 Å². The first-order valence-electron chi connectivity index (χ1n) is 12.6. The summed E-state index contributed by atoms with van der Waals surface area (Å²) in [5, 5.41) is 4.67. The van der Waals surface area contributed by atoms with Gasteiger partial charge < -0.3 is 14.5 Å². The van der Waals surface area contributed by atoms with E-state index in [1.165, 1.54) is 24.3 Å². The van der Waals surface area contributed by atoms with Crippen LogP contribution in [0.4, 0.5) is 8.78 Å². The van der Waals surface area contributed by atoms with E-state index in [9.17, 15) is 13.6 Å². The molecule has 7 nitrogen and oxygen atoms in total. The van der Waals surface area contributed by atoms with Gasteiger partial charge in [0.2, 0.25) is 5.91 Å². The van der Waals surface area contributed by atoms with E-state index in [2.05, 4.69) is 21.1 Å². The van der Waals surface area contributed by atoms with Crippen LogP contribution in [0.5, 0.6) is 0 Å². The fraction of sp³-hybridized carbons (Fsp3) is 0.276. The zero-order valence-corrected chi connectivity index (χ0v) is 21.2. The van der Waals surface area contributed by atoms with Gasteiger partial charge in [0.05, 0.1) is 24.7 Å². The number of amidine groups is 1. The Balaban J connectivity index is 1.31. The molecule has 2 aliphatic rings. The lowest BCUT2D eigenvalue weighted by Crippen LogP contribution is -2.51. The van der Waals surface area contributed by atoms with Crippen LogP contribution in [-0.4, -0.2) is 64.6 Å². The Morgan fingerprint density at radius 3 is 2.26 bits per heavy atom. The third-order valence-corrected chi connectivity index (χ3v) is 6.74. The molecule has 0 radical (unpaired) electrons. The number of carbonyl (C=O) groups is 1. The largest absolute Gasteiger partial charge is 0.495 e. The van der Waals surface area contributed by atoms with Crippen LogP contribution in [0.2, 0.25) is 0 Å². The SMILES string of the molecule is COC1=CN=C(N2CCN(C(=O)Cn3nc(-c4ccc(F)cc4)cc3-c3ccc(F)cc3)CC2)CCC=C1. The number of nitrogens with zero attached hydrogens (tertiary/aromatic N) is 5. The Bertz CT molecular complexity index is 1370. The Hall–Kier alpha value is -4.27. The van der Waals surface area contributed by atoms with Gasteiger partial charge in [0.15, 0.2) is 0 Å². The third-order valence-electron chi connectivity index (χ3n) is 6.74. The Kier molecular flexibility index (Phi) is 7.62. The number of rotatable bonds is 5. The molecule has 3 aromatic rings. The molecule has 2 aromatic carbocycles. The van der Waals surface area contributed by atoms with Crippen LogP contribution in [0.1, 0.15) is 12.8 Å². The number of piperazine rings is 1. The van der Waals surface area contributed by atoms with E-state index in [0.29, 0.717) is 43.3 Å². The van der Waals surface area contributed by atoms with Gasteiger partial charge in [-0.15, -0.1) is 0 Å². The minimum Gasteiger partial charge on any atom is -0.495 e. The molecule has 1 saturated heterocycles. The standard InChI is InChI=1S/C29H29F2N5O2/c1-38-25-4-2-3-5-28(32-19-25)34-14-16-35(17-15-34)29(37)20-36-27(22-8-12-24(31)13-9-22)18-26(33-36)21-6-10-23(30)11-7-21/h2,4,6-13,18-19H,3,5,14-17,20H2,1H3. The van der Waals surface area contributed by atoms with Gasteiger partial charge in [-0.1, -0.05) is 6.08 Å². The summed E-state index contributed by atoms with van der Waals surface area (Å²) >= 11 is 0. The van der Waals surface area contributed by atoms with Crippen molar-refractivity contribution >= 4 is 11.7 Å². The highest BCUT2D eigenvalue weighted by molar-refractivity contribution is 5.84. The van der Waals surface area contributed by atoms with Crippen molar-refractivity contribution in [2.24, 2.45) is 4.99 Å². The molecule has 1 aromatic heterocycles. The van der Waals surface area contributed by atoms with E-state index in [1.807, 2.05) is 17.0 Å². The number of halogens is 2. The van der Waals surface area contributed by atoms with Crippen LogP contribution in [-0.2, 0) is 16.1 Å². The zero-order valence-electron chi connectivity index (χ0n) is 21.2. The lowest BCUT2D eigenvalue weighted by atomic mass is 10.1. The monoisotopic (exact) mass is 517 g/mol. The average molecular weight is 518 g/mol. The van der Waals surface area contributed by atoms with Gasteiger partial charge in [-0.3, -0.25) is 9.48 Å². The number of amides is 1. The van der Waals surface area contributed by atoms with Gasteiger partial charge in [0, 0.05) is 43.7 Å². The predicted octanol–water partition coefficient (Wildman–Crippen LogP) is 4.88. The number of benzene rings is 2. The maximum absolute atomic E-state index is 13.6. The van der Waals surface area contributed by atoms with E-state index in [0.717, 1.165) is 29.8 Å². The van der Waals surface area contributed by atoms with Crippen LogP contribution in [0.3, 0.4) is 0 Å². The minimum absolute atomic E-state index is 0.0413. The second-order valence-electron chi connectivity index (χ2n) is 9.18. The van der Waals surface area contributed by atoms with Gasteiger partial charge >= 0.3 is 0 Å². The molecule has 196 valence electrons. The molecule has 0 unspecified atom stereocenters. The second kappa shape index (κ2) is 11.4. The summed E-state index contributed by atoms with van der Waals surface area (Å²) in [6.07, 6.45) is 7.44. The Morgan fingerprint density at radius 2 is 1.61 bits per heavy atom. The molecular formula is C29H29F2N5O2. The fourth-order valence-corrected chi connectivity index (χ4v) is 4.61. The highest BCUT2D eigenvalue weighted by atomic mass is 19.1. The summed E-state index contributed by atoms with van der Waals surface area (Å²) in [4.78, 5) is 22.0. The topological polar surface area (TPSA) is 63.0 Å². The lowest BCUT2D eigenvalue weighted by molar-refractivity contribution is -0.133. The molecule has 0 atom stereocenters. The van der Waals surface area contributed by atoms with Crippen molar-refractivity contribution in [3.8, 4) is 22.5 Å². The quantitative estimate of drug-likeness (QED) is 0.484. The molecular weight excluding hydrogens is 488 g/mol. The summed E-state index contributed by atoms with van der Waals surface area (Å²) in [7, 11) is 1.63. The zero-order chi connectivity index (χ0) is 26.5. The summed E-state index contributed by atoms with van der Waals surface area (Å²) in [6.45, 7) is 2.57. The van der Waals surface area contributed by atoms with E-state index in [1.54, 1.807) is 42.3 Å². The van der Waals surface area contributed by atoms with Crippen LogP contribution < -0.4 is 0 Å². The smallest absolute Gasteiger partial charge is 0.244 e. The molecule has 2 aliphatic heterocycles. The van der Waals surface area contributed by atoms with Gasteiger partial charge in [-0.2, -0.15) is 5.10 Å². The van der Waals surface area contributed by atoms with E-state index in [4.69, 9.17) is 4.74 Å². The van der Waals surface area contributed by atoms with E-state index in [-0.39, 0.29) is 24.1 Å². The van der Waals surface area contributed by atoms with Gasteiger partial charge in [-0.05, 0) is 67.1 Å². The summed E-state index contributed by atoms with van der Waals surface area (Å²) in [5.74, 6) is 0.980. The summed E-state index contributed by atoms with van der Waals surface area (Å²) in [6, 6.07) is 14.0. The molecule has 3 heterocycles. The van der Waals surface area contributed by atoms with Crippen LogP contribution in [0.25, 0.3) is 22.5 Å². The maximum atomic E-state index is 13.6. The van der Waals surface area contributed by atoms with Crippen molar-refractivity contribution in [2.45, 2.75) is 19.4 Å². The molecule has 0 N–H and O–H groups in total. The number of aliphatic imine (C=N–C) groups is 1. The van der Waals surface area contributed by atoms with Crippen LogP contribution in [0, 0.1) is 11.6 Å². The highest BCUT2D eigenvalue weighted by Crippen LogP contribution is 2.27. The number of hydrogen-bond acceptors (Lipinski definition) is 5. The minimum atomic E-state index is -0.341. The molecule has 0 aliphatic carbocycles. The molecule has 1 amide bonds. The van der Waals surface area contributed by atoms with Crippen LogP contribution in [0.15, 0.2) is 83.7 Å². The molecule has 0 bridgehead atoms. The normalized spacial score (nSPS) is 16.0.